The van der Waals surface area contributed by atoms with Crippen LogP contribution in [0.5, 0.6) is 5.75 Å². The standard InChI is InChI=1S/C16H25NO.ClH/c1-12(2)16-5-4-15(10-13(16)3)18-11-14-6-8-17-9-7-14;/h4-5,10,12,14,17H,6-9,11H2,1-3H3;1H. The molecule has 0 atom stereocenters. The molecule has 3 heteroatoms. The summed E-state index contributed by atoms with van der Waals surface area (Å²) in [5.74, 6) is 2.33. The molecule has 1 aromatic carbocycles. The number of benzene rings is 1. The SMILES string of the molecule is Cc1cc(OCC2CCNCC2)ccc1C(C)C.Cl. The van der Waals surface area contributed by atoms with Crippen LogP contribution in [0.3, 0.4) is 0 Å². The number of ether oxygens (including phenoxy) is 1. The molecule has 19 heavy (non-hydrogen) atoms. The van der Waals surface area contributed by atoms with Gasteiger partial charge in [0.05, 0.1) is 6.61 Å². The molecule has 0 unspecified atom stereocenters. The van der Waals surface area contributed by atoms with Crippen LogP contribution < -0.4 is 10.1 Å². The molecule has 2 rings (SSSR count). The minimum atomic E-state index is 0. The highest BCUT2D eigenvalue weighted by molar-refractivity contribution is 5.85. The molecule has 1 aromatic rings. The maximum Gasteiger partial charge on any atom is 0.119 e. The number of aryl methyl sites for hydroxylation is 1. The van der Waals surface area contributed by atoms with Crippen molar-refractivity contribution in [2.45, 2.75) is 39.5 Å². The number of piperidine rings is 1. The highest BCUT2D eigenvalue weighted by Gasteiger charge is 2.13. The first-order chi connectivity index (χ1) is 8.66. The average Bonchev–Trinajstić information content (AvgIpc) is 2.37. The second-order valence-corrected chi connectivity index (χ2v) is 5.68. The maximum atomic E-state index is 5.93. The Labute approximate surface area is 123 Å². The Bertz CT molecular complexity index is 386. The predicted molar refractivity (Wildman–Crippen MR) is 83.6 cm³/mol. The fourth-order valence-corrected chi connectivity index (χ4v) is 2.65. The fraction of sp³-hybridized carbons (Fsp3) is 0.625. The molecule has 0 radical (unpaired) electrons. The van der Waals surface area contributed by atoms with Crippen molar-refractivity contribution in [1.29, 1.82) is 0 Å². The van der Waals surface area contributed by atoms with Crippen molar-refractivity contribution in [2.75, 3.05) is 19.7 Å². The van der Waals surface area contributed by atoms with Crippen molar-refractivity contribution < 1.29 is 4.74 Å². The van der Waals surface area contributed by atoms with Crippen molar-refractivity contribution in [3.8, 4) is 5.75 Å². The molecule has 1 aliphatic heterocycles. The summed E-state index contributed by atoms with van der Waals surface area (Å²) in [6.45, 7) is 9.78. The van der Waals surface area contributed by atoms with Gasteiger partial charge in [-0.3, -0.25) is 0 Å². The van der Waals surface area contributed by atoms with Crippen LogP contribution in [-0.2, 0) is 0 Å². The molecule has 0 bridgehead atoms. The lowest BCUT2D eigenvalue weighted by molar-refractivity contribution is 0.215. The highest BCUT2D eigenvalue weighted by atomic mass is 35.5. The zero-order chi connectivity index (χ0) is 13.0. The second-order valence-electron chi connectivity index (χ2n) is 5.68. The number of hydrogen-bond donors (Lipinski definition) is 1. The molecule has 2 nitrogen and oxygen atoms in total. The van der Waals surface area contributed by atoms with Gasteiger partial charge in [0, 0.05) is 0 Å². The normalized spacial score (nSPS) is 16.2. The molecular formula is C16H26ClNO. The number of hydrogen-bond acceptors (Lipinski definition) is 2. The van der Waals surface area contributed by atoms with Gasteiger partial charge in [0.15, 0.2) is 0 Å². The van der Waals surface area contributed by atoms with E-state index in [9.17, 15) is 0 Å². The van der Waals surface area contributed by atoms with Crippen molar-refractivity contribution >= 4 is 12.4 Å². The van der Waals surface area contributed by atoms with Crippen LogP contribution in [0.4, 0.5) is 0 Å². The summed E-state index contributed by atoms with van der Waals surface area (Å²) in [6.07, 6.45) is 2.48. The summed E-state index contributed by atoms with van der Waals surface area (Å²) < 4.78 is 5.93. The van der Waals surface area contributed by atoms with Gasteiger partial charge in [-0.1, -0.05) is 19.9 Å². The lowest BCUT2D eigenvalue weighted by Crippen LogP contribution is -2.30. The van der Waals surface area contributed by atoms with Gasteiger partial charge in [-0.2, -0.15) is 0 Å². The molecule has 0 amide bonds. The smallest absolute Gasteiger partial charge is 0.119 e. The largest absolute Gasteiger partial charge is 0.493 e. The van der Waals surface area contributed by atoms with Crippen LogP contribution in [-0.4, -0.2) is 19.7 Å². The monoisotopic (exact) mass is 283 g/mol. The summed E-state index contributed by atoms with van der Waals surface area (Å²) in [5.41, 5.74) is 2.76. The van der Waals surface area contributed by atoms with Gasteiger partial charge in [0.2, 0.25) is 0 Å². The van der Waals surface area contributed by atoms with Crippen molar-refractivity contribution in [1.82, 2.24) is 5.32 Å². The Balaban J connectivity index is 0.00000180. The van der Waals surface area contributed by atoms with Gasteiger partial charge < -0.3 is 10.1 Å². The Kier molecular flexibility index (Phi) is 6.67. The quantitative estimate of drug-likeness (QED) is 0.904. The summed E-state index contributed by atoms with van der Waals surface area (Å²) in [7, 11) is 0. The molecule has 108 valence electrons. The highest BCUT2D eigenvalue weighted by Crippen LogP contribution is 2.24. The van der Waals surface area contributed by atoms with Crippen LogP contribution >= 0.6 is 12.4 Å². The third kappa shape index (κ3) is 4.70. The van der Waals surface area contributed by atoms with Gasteiger partial charge >= 0.3 is 0 Å². The number of rotatable bonds is 4. The van der Waals surface area contributed by atoms with Gasteiger partial charge in [-0.05, 0) is 68.0 Å². The zero-order valence-electron chi connectivity index (χ0n) is 12.2. The summed E-state index contributed by atoms with van der Waals surface area (Å²) in [4.78, 5) is 0. The molecule has 1 aliphatic rings. The summed E-state index contributed by atoms with van der Waals surface area (Å²) in [5, 5.41) is 3.39. The lowest BCUT2D eigenvalue weighted by Gasteiger charge is -2.23. The van der Waals surface area contributed by atoms with Gasteiger partial charge in [0.1, 0.15) is 5.75 Å². The van der Waals surface area contributed by atoms with E-state index in [-0.39, 0.29) is 12.4 Å². The van der Waals surface area contributed by atoms with Crippen LogP contribution in [0.1, 0.15) is 43.7 Å². The van der Waals surface area contributed by atoms with E-state index < -0.39 is 0 Å². The van der Waals surface area contributed by atoms with E-state index in [1.165, 1.54) is 24.0 Å². The summed E-state index contributed by atoms with van der Waals surface area (Å²) >= 11 is 0. The fourth-order valence-electron chi connectivity index (χ4n) is 2.65. The molecule has 0 saturated carbocycles. The second kappa shape index (κ2) is 7.76. The van der Waals surface area contributed by atoms with Crippen molar-refractivity contribution in [3.63, 3.8) is 0 Å². The van der Waals surface area contributed by atoms with Crippen molar-refractivity contribution in [3.05, 3.63) is 29.3 Å². The van der Waals surface area contributed by atoms with Crippen LogP contribution in [0, 0.1) is 12.8 Å². The molecule has 1 N–H and O–H groups in total. The van der Waals surface area contributed by atoms with Gasteiger partial charge in [-0.15, -0.1) is 12.4 Å². The van der Waals surface area contributed by atoms with E-state index in [0.717, 1.165) is 31.4 Å². The van der Waals surface area contributed by atoms with E-state index in [1.807, 2.05) is 0 Å². The van der Waals surface area contributed by atoms with Crippen LogP contribution in [0.15, 0.2) is 18.2 Å². The van der Waals surface area contributed by atoms with E-state index >= 15 is 0 Å². The molecule has 0 aliphatic carbocycles. The third-order valence-electron chi connectivity index (χ3n) is 3.81. The minimum Gasteiger partial charge on any atom is -0.493 e. The molecular weight excluding hydrogens is 258 g/mol. The lowest BCUT2D eigenvalue weighted by atomic mass is 9.98. The third-order valence-corrected chi connectivity index (χ3v) is 3.81. The maximum absolute atomic E-state index is 5.93. The first kappa shape index (κ1) is 16.3. The van der Waals surface area contributed by atoms with E-state index in [2.05, 4.69) is 44.3 Å². The average molecular weight is 284 g/mol. The Hall–Kier alpha value is -0.730. The minimum absolute atomic E-state index is 0. The summed E-state index contributed by atoms with van der Waals surface area (Å²) in [6, 6.07) is 6.50. The molecule has 1 saturated heterocycles. The van der Waals surface area contributed by atoms with Crippen LogP contribution in [0.2, 0.25) is 0 Å². The topological polar surface area (TPSA) is 21.3 Å². The van der Waals surface area contributed by atoms with Crippen molar-refractivity contribution in [2.24, 2.45) is 5.92 Å². The van der Waals surface area contributed by atoms with E-state index in [0.29, 0.717) is 5.92 Å². The van der Waals surface area contributed by atoms with Crippen LogP contribution in [0.25, 0.3) is 0 Å². The number of halogens is 1. The Morgan fingerprint density at radius 3 is 2.53 bits per heavy atom. The molecule has 1 fully saturated rings. The first-order valence-electron chi connectivity index (χ1n) is 7.11. The first-order valence-corrected chi connectivity index (χ1v) is 7.11. The van der Waals surface area contributed by atoms with Gasteiger partial charge in [-0.25, -0.2) is 0 Å². The zero-order valence-corrected chi connectivity index (χ0v) is 13.1. The molecule has 0 spiro atoms. The Morgan fingerprint density at radius 2 is 1.95 bits per heavy atom. The van der Waals surface area contributed by atoms with E-state index in [4.69, 9.17) is 4.74 Å². The Morgan fingerprint density at radius 1 is 1.26 bits per heavy atom. The predicted octanol–water partition coefficient (Wildman–Crippen LogP) is 3.92. The number of nitrogens with one attached hydrogen (secondary N) is 1. The molecule has 1 heterocycles. The van der Waals surface area contributed by atoms with Gasteiger partial charge in [0.25, 0.3) is 0 Å². The molecule has 0 aromatic heterocycles. The van der Waals surface area contributed by atoms with E-state index in [1.54, 1.807) is 0 Å².